The Hall–Kier alpha value is -1.14. The number of hydrogen-bond acceptors (Lipinski definition) is 4. The molecule has 1 heterocycles. The molecule has 1 saturated heterocycles. The maximum absolute atomic E-state index is 11.9. The standard InChI is InChI=1S/C17H26ClN3O2/c1-2-20-9-11-21(12-10-20)8-7-17(23)19-13-16(22)14-3-5-15(18)6-4-14/h3-6,16,22H,2,7-13H2,1H3,(H,19,23). The van der Waals surface area contributed by atoms with Crippen LogP contribution < -0.4 is 5.32 Å². The minimum atomic E-state index is -0.704. The van der Waals surface area contributed by atoms with E-state index >= 15 is 0 Å². The second-order valence-corrected chi connectivity index (χ2v) is 6.33. The van der Waals surface area contributed by atoms with Crippen LogP contribution >= 0.6 is 11.6 Å². The number of aliphatic hydroxyl groups excluding tert-OH is 1. The molecule has 1 fully saturated rings. The Morgan fingerprint density at radius 3 is 2.43 bits per heavy atom. The highest BCUT2D eigenvalue weighted by Gasteiger charge is 2.16. The van der Waals surface area contributed by atoms with E-state index in [4.69, 9.17) is 11.6 Å². The van der Waals surface area contributed by atoms with Crippen molar-refractivity contribution in [3.8, 4) is 0 Å². The van der Waals surface area contributed by atoms with E-state index in [9.17, 15) is 9.90 Å². The molecule has 0 saturated carbocycles. The molecule has 1 amide bonds. The first-order valence-corrected chi connectivity index (χ1v) is 8.61. The highest BCUT2D eigenvalue weighted by Crippen LogP contribution is 2.15. The number of rotatable bonds is 7. The van der Waals surface area contributed by atoms with Gasteiger partial charge in [0.1, 0.15) is 0 Å². The van der Waals surface area contributed by atoms with Crippen LogP contribution in [0.4, 0.5) is 0 Å². The van der Waals surface area contributed by atoms with Crippen LogP contribution in [0.2, 0.25) is 5.02 Å². The lowest BCUT2D eigenvalue weighted by molar-refractivity contribution is -0.122. The molecular weight excluding hydrogens is 314 g/mol. The summed E-state index contributed by atoms with van der Waals surface area (Å²) in [5.41, 5.74) is 0.755. The van der Waals surface area contributed by atoms with Crippen LogP contribution in [0.5, 0.6) is 0 Å². The van der Waals surface area contributed by atoms with Crippen LogP contribution in [0.15, 0.2) is 24.3 Å². The second-order valence-electron chi connectivity index (χ2n) is 5.90. The van der Waals surface area contributed by atoms with Gasteiger partial charge in [0.15, 0.2) is 0 Å². The van der Waals surface area contributed by atoms with Gasteiger partial charge in [-0.25, -0.2) is 0 Å². The summed E-state index contributed by atoms with van der Waals surface area (Å²) in [6.07, 6.45) is -0.233. The molecule has 0 bridgehead atoms. The molecule has 1 atom stereocenters. The SMILES string of the molecule is CCN1CCN(CCC(=O)NCC(O)c2ccc(Cl)cc2)CC1. The van der Waals surface area contributed by atoms with Crippen molar-refractivity contribution in [3.05, 3.63) is 34.9 Å². The predicted octanol–water partition coefficient (Wildman–Crippen LogP) is 1.52. The van der Waals surface area contributed by atoms with Crippen molar-refractivity contribution in [2.45, 2.75) is 19.4 Å². The molecule has 1 unspecified atom stereocenters. The normalized spacial score (nSPS) is 17.9. The molecule has 0 spiro atoms. The summed E-state index contributed by atoms with van der Waals surface area (Å²) in [7, 11) is 0. The summed E-state index contributed by atoms with van der Waals surface area (Å²) < 4.78 is 0. The Labute approximate surface area is 143 Å². The third kappa shape index (κ3) is 6.11. The van der Waals surface area contributed by atoms with Gasteiger partial charge in [-0.15, -0.1) is 0 Å². The van der Waals surface area contributed by atoms with E-state index in [1.165, 1.54) is 0 Å². The molecule has 1 aliphatic rings. The molecule has 0 radical (unpaired) electrons. The van der Waals surface area contributed by atoms with Crippen molar-refractivity contribution in [1.82, 2.24) is 15.1 Å². The number of amides is 1. The van der Waals surface area contributed by atoms with Gasteiger partial charge in [-0.05, 0) is 24.2 Å². The number of carbonyl (C=O) groups excluding carboxylic acids is 1. The van der Waals surface area contributed by atoms with Gasteiger partial charge < -0.3 is 20.2 Å². The van der Waals surface area contributed by atoms with Crippen LogP contribution in [0.3, 0.4) is 0 Å². The fourth-order valence-corrected chi connectivity index (χ4v) is 2.82. The first kappa shape index (κ1) is 18.2. The van der Waals surface area contributed by atoms with Gasteiger partial charge in [0.05, 0.1) is 6.10 Å². The zero-order valence-electron chi connectivity index (χ0n) is 13.7. The van der Waals surface area contributed by atoms with Crippen LogP contribution in [-0.4, -0.2) is 66.6 Å². The quantitative estimate of drug-likeness (QED) is 0.791. The number of nitrogens with one attached hydrogen (secondary N) is 1. The third-order valence-corrected chi connectivity index (χ3v) is 4.57. The number of nitrogens with zero attached hydrogens (tertiary/aromatic N) is 2. The predicted molar refractivity (Wildman–Crippen MR) is 92.6 cm³/mol. The Morgan fingerprint density at radius 1 is 1.22 bits per heavy atom. The minimum Gasteiger partial charge on any atom is -0.387 e. The number of halogens is 1. The maximum atomic E-state index is 11.9. The van der Waals surface area contributed by atoms with Crippen LogP contribution in [0.25, 0.3) is 0 Å². The van der Waals surface area contributed by atoms with Crippen molar-refractivity contribution in [2.75, 3.05) is 45.8 Å². The number of hydrogen-bond donors (Lipinski definition) is 2. The van der Waals surface area contributed by atoms with Crippen LogP contribution in [0.1, 0.15) is 25.0 Å². The number of carbonyl (C=O) groups is 1. The summed E-state index contributed by atoms with van der Waals surface area (Å²) in [5.74, 6) is -0.0177. The van der Waals surface area contributed by atoms with Crippen LogP contribution in [0, 0.1) is 0 Å². The number of likely N-dealkylation sites (N-methyl/N-ethyl adjacent to an activating group) is 1. The van der Waals surface area contributed by atoms with Gasteiger partial charge in [-0.1, -0.05) is 30.7 Å². The second kappa shape index (κ2) is 9.23. The Morgan fingerprint density at radius 2 is 1.83 bits per heavy atom. The minimum absolute atomic E-state index is 0.0177. The zero-order valence-corrected chi connectivity index (χ0v) is 14.4. The third-order valence-electron chi connectivity index (χ3n) is 4.31. The molecule has 128 valence electrons. The molecule has 23 heavy (non-hydrogen) atoms. The first-order chi connectivity index (χ1) is 11.1. The Balaban J connectivity index is 1.64. The highest BCUT2D eigenvalue weighted by molar-refractivity contribution is 6.30. The molecule has 0 aliphatic carbocycles. The van der Waals surface area contributed by atoms with Gasteiger partial charge in [-0.3, -0.25) is 4.79 Å². The van der Waals surface area contributed by atoms with Gasteiger partial charge >= 0.3 is 0 Å². The van der Waals surface area contributed by atoms with Crippen LogP contribution in [-0.2, 0) is 4.79 Å². The average Bonchev–Trinajstić information content (AvgIpc) is 2.59. The molecule has 1 aliphatic heterocycles. The molecular formula is C17H26ClN3O2. The van der Waals surface area contributed by atoms with Crippen molar-refractivity contribution in [2.24, 2.45) is 0 Å². The average molecular weight is 340 g/mol. The number of benzene rings is 1. The van der Waals surface area contributed by atoms with E-state index in [1.807, 2.05) is 0 Å². The summed E-state index contributed by atoms with van der Waals surface area (Å²) in [4.78, 5) is 16.7. The topological polar surface area (TPSA) is 55.8 Å². The van der Waals surface area contributed by atoms with Crippen molar-refractivity contribution in [3.63, 3.8) is 0 Å². The lowest BCUT2D eigenvalue weighted by atomic mass is 10.1. The molecule has 2 N–H and O–H groups in total. The van der Waals surface area contributed by atoms with Crippen molar-refractivity contribution >= 4 is 17.5 Å². The largest absolute Gasteiger partial charge is 0.387 e. The number of piperazine rings is 1. The lowest BCUT2D eigenvalue weighted by Gasteiger charge is -2.33. The molecule has 5 nitrogen and oxygen atoms in total. The highest BCUT2D eigenvalue weighted by atomic mass is 35.5. The van der Waals surface area contributed by atoms with E-state index in [2.05, 4.69) is 22.0 Å². The number of aliphatic hydroxyl groups is 1. The van der Waals surface area contributed by atoms with E-state index < -0.39 is 6.10 Å². The fourth-order valence-electron chi connectivity index (χ4n) is 2.69. The smallest absolute Gasteiger partial charge is 0.221 e. The molecule has 2 rings (SSSR count). The van der Waals surface area contributed by atoms with Gasteiger partial charge in [-0.2, -0.15) is 0 Å². The molecule has 1 aromatic rings. The summed E-state index contributed by atoms with van der Waals surface area (Å²) in [6.45, 7) is 8.47. The summed E-state index contributed by atoms with van der Waals surface area (Å²) in [5, 5.41) is 13.5. The lowest BCUT2D eigenvalue weighted by Crippen LogP contribution is -2.47. The van der Waals surface area contributed by atoms with E-state index in [-0.39, 0.29) is 12.5 Å². The van der Waals surface area contributed by atoms with E-state index in [0.29, 0.717) is 11.4 Å². The first-order valence-electron chi connectivity index (χ1n) is 8.23. The van der Waals surface area contributed by atoms with Gasteiger partial charge in [0, 0.05) is 50.7 Å². The van der Waals surface area contributed by atoms with E-state index in [1.54, 1.807) is 24.3 Å². The van der Waals surface area contributed by atoms with Gasteiger partial charge in [0.25, 0.3) is 0 Å². The Kier molecular flexibility index (Phi) is 7.30. The van der Waals surface area contributed by atoms with E-state index in [0.717, 1.165) is 44.8 Å². The fraction of sp³-hybridized carbons (Fsp3) is 0.588. The van der Waals surface area contributed by atoms with Gasteiger partial charge in [0.2, 0.25) is 5.91 Å². The maximum Gasteiger partial charge on any atom is 0.221 e. The van der Waals surface area contributed by atoms with Crippen molar-refractivity contribution in [1.29, 1.82) is 0 Å². The monoisotopic (exact) mass is 339 g/mol. The summed E-state index contributed by atoms with van der Waals surface area (Å²) >= 11 is 5.82. The molecule has 1 aromatic carbocycles. The molecule has 0 aromatic heterocycles. The zero-order chi connectivity index (χ0) is 16.7. The van der Waals surface area contributed by atoms with Crippen molar-refractivity contribution < 1.29 is 9.90 Å². The Bertz CT molecular complexity index is 487. The summed E-state index contributed by atoms with van der Waals surface area (Å²) in [6, 6.07) is 7.01. The molecule has 6 heteroatoms.